The van der Waals surface area contributed by atoms with E-state index in [0.29, 0.717) is 86.1 Å². The van der Waals surface area contributed by atoms with Crippen LogP contribution in [0.5, 0.6) is 0 Å². The zero-order valence-electron chi connectivity index (χ0n) is 29.1. The molecule has 0 bridgehead atoms. The van der Waals surface area contributed by atoms with E-state index in [1.807, 2.05) is 36.3 Å². The number of nitrogens with one attached hydrogen (secondary N) is 5. The monoisotopic (exact) mass is 706 g/mol. The SMILES string of the molecule is CCCn1cc(-c2nc(Nc3ccc(C(=O)NCCOCCNc4cccc5c4C(=O)N(C(C)CCCNC=O)C5=O)cc3)nc3[nH]ccc23)cn1. The molecule has 2 aromatic carbocycles. The number of imide groups is 1. The smallest absolute Gasteiger partial charge is 0.263 e. The van der Waals surface area contributed by atoms with Gasteiger partial charge in [-0.05, 0) is 68.7 Å². The van der Waals surface area contributed by atoms with Crippen LogP contribution in [-0.2, 0) is 16.1 Å². The topological polar surface area (TPSA) is 188 Å². The van der Waals surface area contributed by atoms with Gasteiger partial charge in [-0.2, -0.15) is 10.1 Å². The van der Waals surface area contributed by atoms with Crippen molar-refractivity contribution in [1.82, 2.24) is 40.3 Å². The van der Waals surface area contributed by atoms with Crippen molar-refractivity contribution < 1.29 is 23.9 Å². The lowest BCUT2D eigenvalue weighted by atomic mass is 10.1. The minimum atomic E-state index is -0.335. The molecule has 0 saturated carbocycles. The highest BCUT2D eigenvalue weighted by atomic mass is 16.5. The first-order valence-corrected chi connectivity index (χ1v) is 17.4. The lowest BCUT2D eigenvalue weighted by Gasteiger charge is -2.22. The number of nitrogens with zero attached hydrogens (tertiary/aromatic N) is 5. The van der Waals surface area contributed by atoms with Crippen LogP contribution in [0.2, 0.25) is 0 Å². The highest BCUT2D eigenvalue weighted by Crippen LogP contribution is 2.32. The number of benzene rings is 2. The summed E-state index contributed by atoms with van der Waals surface area (Å²) < 4.78 is 7.60. The van der Waals surface area contributed by atoms with Gasteiger partial charge >= 0.3 is 0 Å². The van der Waals surface area contributed by atoms with Crippen LogP contribution in [0.4, 0.5) is 17.3 Å². The zero-order chi connectivity index (χ0) is 36.5. The molecule has 3 aromatic heterocycles. The molecule has 6 rings (SSSR count). The Bertz CT molecular complexity index is 2040. The van der Waals surface area contributed by atoms with Gasteiger partial charge in [0.25, 0.3) is 17.7 Å². The number of H-pyrrole nitrogens is 1. The molecule has 15 nitrogen and oxygen atoms in total. The van der Waals surface area contributed by atoms with Crippen molar-refractivity contribution in [2.45, 2.75) is 45.7 Å². The van der Waals surface area contributed by atoms with Gasteiger partial charge in [-0.3, -0.25) is 28.8 Å². The molecule has 0 aliphatic carbocycles. The van der Waals surface area contributed by atoms with Gasteiger partial charge in [-0.15, -0.1) is 0 Å². The summed E-state index contributed by atoms with van der Waals surface area (Å²) in [6.45, 7) is 6.57. The quantitative estimate of drug-likeness (QED) is 0.0470. The van der Waals surface area contributed by atoms with Gasteiger partial charge in [0.05, 0.1) is 36.2 Å². The van der Waals surface area contributed by atoms with Gasteiger partial charge in [0.15, 0.2) is 0 Å². The standard InChI is InChI=1S/C37H42N10O5/c1-3-18-46-22-26(21-42-46)32-29-13-15-40-33(29)45-37(44-32)43-27-11-9-25(10-12-27)34(49)41-17-20-52-19-16-39-30-8-4-7-28-31(30)36(51)47(35(28)50)24(2)6-5-14-38-23-48/h4,7-13,15,21-24,39H,3,5-6,14,16-20H2,1-2H3,(H,38,48)(H,41,49)(H2,40,43,44,45). The number of carbonyl (C=O) groups is 4. The average Bonchev–Trinajstić information content (AvgIpc) is 3.88. The molecule has 1 aliphatic heterocycles. The summed E-state index contributed by atoms with van der Waals surface area (Å²) in [5.41, 5.74) is 4.90. The fourth-order valence-corrected chi connectivity index (χ4v) is 6.13. The molecule has 0 spiro atoms. The molecule has 5 aromatic rings. The first kappa shape index (κ1) is 35.7. The van der Waals surface area contributed by atoms with E-state index in [2.05, 4.69) is 43.3 Å². The molecule has 4 heterocycles. The third-order valence-corrected chi connectivity index (χ3v) is 8.69. The van der Waals surface area contributed by atoms with Crippen LogP contribution in [0.15, 0.2) is 67.1 Å². The molecular formula is C37H42N10O5. The second kappa shape index (κ2) is 16.7. The number of anilines is 3. The summed E-state index contributed by atoms with van der Waals surface area (Å²) >= 11 is 0. The lowest BCUT2D eigenvalue weighted by Crippen LogP contribution is -2.38. The number of hydrogen-bond donors (Lipinski definition) is 5. The fourth-order valence-electron chi connectivity index (χ4n) is 6.13. The molecule has 1 unspecified atom stereocenters. The Morgan fingerprint density at radius 2 is 1.85 bits per heavy atom. The predicted octanol–water partition coefficient (Wildman–Crippen LogP) is 4.34. The van der Waals surface area contributed by atoms with Crippen LogP contribution in [-0.4, -0.2) is 92.7 Å². The van der Waals surface area contributed by atoms with Crippen LogP contribution < -0.4 is 21.3 Å². The summed E-state index contributed by atoms with van der Waals surface area (Å²) in [5.74, 6) is -0.465. The summed E-state index contributed by atoms with van der Waals surface area (Å²) in [7, 11) is 0. The minimum Gasteiger partial charge on any atom is -0.382 e. The fraction of sp³-hybridized carbons (Fsp3) is 0.324. The number of aromatic nitrogens is 5. The number of hydrogen-bond acceptors (Lipinski definition) is 10. The molecule has 1 aliphatic rings. The molecule has 0 fully saturated rings. The van der Waals surface area contributed by atoms with Crippen molar-refractivity contribution in [2.24, 2.45) is 0 Å². The number of fused-ring (bicyclic) bond motifs is 2. The second-order valence-corrected chi connectivity index (χ2v) is 12.4. The zero-order valence-corrected chi connectivity index (χ0v) is 29.1. The van der Waals surface area contributed by atoms with Gasteiger partial charge in [-0.25, -0.2) is 4.98 Å². The van der Waals surface area contributed by atoms with Crippen molar-refractivity contribution >= 4 is 52.5 Å². The molecule has 0 radical (unpaired) electrons. The molecule has 15 heteroatoms. The van der Waals surface area contributed by atoms with E-state index >= 15 is 0 Å². The normalized spacial score (nSPS) is 12.9. The van der Waals surface area contributed by atoms with E-state index < -0.39 is 0 Å². The summed E-state index contributed by atoms with van der Waals surface area (Å²) in [6, 6.07) is 13.8. The van der Waals surface area contributed by atoms with E-state index in [4.69, 9.17) is 9.72 Å². The molecule has 52 heavy (non-hydrogen) atoms. The van der Waals surface area contributed by atoms with E-state index in [0.717, 1.165) is 35.3 Å². The summed E-state index contributed by atoms with van der Waals surface area (Å²) in [6.07, 6.45) is 8.47. The average molecular weight is 707 g/mol. The number of carbonyl (C=O) groups excluding carboxylic acids is 4. The Morgan fingerprint density at radius 1 is 1.02 bits per heavy atom. The second-order valence-electron chi connectivity index (χ2n) is 12.4. The largest absolute Gasteiger partial charge is 0.382 e. The van der Waals surface area contributed by atoms with Crippen molar-refractivity contribution in [3.8, 4) is 11.3 Å². The third kappa shape index (κ3) is 8.10. The Hall–Kier alpha value is -6.09. The van der Waals surface area contributed by atoms with Crippen LogP contribution in [0, 0.1) is 0 Å². The maximum atomic E-state index is 13.2. The third-order valence-electron chi connectivity index (χ3n) is 8.69. The van der Waals surface area contributed by atoms with Gasteiger partial charge in [0.2, 0.25) is 12.4 Å². The molecule has 270 valence electrons. The Labute approximate surface area is 300 Å². The van der Waals surface area contributed by atoms with Crippen molar-refractivity contribution in [1.29, 1.82) is 0 Å². The van der Waals surface area contributed by atoms with Gasteiger partial charge < -0.3 is 31.0 Å². The lowest BCUT2D eigenvalue weighted by molar-refractivity contribution is -0.109. The number of rotatable bonds is 19. The van der Waals surface area contributed by atoms with Crippen molar-refractivity contribution in [3.05, 3.63) is 83.8 Å². The van der Waals surface area contributed by atoms with E-state index in [1.165, 1.54) is 4.90 Å². The number of aryl methyl sites for hydroxylation is 1. The molecule has 0 saturated heterocycles. The highest BCUT2D eigenvalue weighted by molar-refractivity contribution is 6.24. The number of ether oxygens (including phenoxy) is 1. The van der Waals surface area contributed by atoms with Crippen LogP contribution >= 0.6 is 0 Å². The number of aromatic amines is 1. The van der Waals surface area contributed by atoms with Gasteiger partial charge in [0.1, 0.15) is 5.65 Å². The molecule has 5 N–H and O–H groups in total. The van der Waals surface area contributed by atoms with Crippen LogP contribution in [0.1, 0.15) is 64.2 Å². The molecule has 1 atom stereocenters. The summed E-state index contributed by atoms with van der Waals surface area (Å²) in [5, 5.41) is 17.2. The van der Waals surface area contributed by atoms with Crippen LogP contribution in [0.3, 0.4) is 0 Å². The van der Waals surface area contributed by atoms with Crippen molar-refractivity contribution in [3.63, 3.8) is 0 Å². The Balaban J connectivity index is 0.943. The van der Waals surface area contributed by atoms with Gasteiger partial charge in [-0.1, -0.05) is 13.0 Å². The Kier molecular flexibility index (Phi) is 11.5. The number of amides is 4. The van der Waals surface area contributed by atoms with E-state index in [9.17, 15) is 19.2 Å². The maximum Gasteiger partial charge on any atom is 0.263 e. The first-order valence-electron chi connectivity index (χ1n) is 17.4. The van der Waals surface area contributed by atoms with E-state index in [1.54, 1.807) is 42.5 Å². The maximum absolute atomic E-state index is 13.2. The minimum absolute atomic E-state index is 0.231. The summed E-state index contributed by atoms with van der Waals surface area (Å²) in [4.78, 5) is 63.3. The molecule has 4 amide bonds. The van der Waals surface area contributed by atoms with Crippen molar-refractivity contribution in [2.75, 3.05) is 43.5 Å². The molecular weight excluding hydrogens is 664 g/mol. The van der Waals surface area contributed by atoms with Crippen LogP contribution in [0.25, 0.3) is 22.3 Å². The predicted molar refractivity (Wildman–Crippen MR) is 196 cm³/mol. The van der Waals surface area contributed by atoms with E-state index in [-0.39, 0.29) is 23.8 Å². The Morgan fingerprint density at radius 3 is 2.65 bits per heavy atom. The van der Waals surface area contributed by atoms with Gasteiger partial charge in [0, 0.05) is 72.5 Å². The first-order chi connectivity index (χ1) is 25.4. The highest BCUT2D eigenvalue weighted by Gasteiger charge is 2.39.